The molecule has 3 unspecified atom stereocenters. The van der Waals surface area contributed by atoms with Crippen molar-refractivity contribution in [3.8, 4) is 11.5 Å². The third-order valence-electron chi connectivity index (χ3n) is 7.56. The average Bonchev–Trinajstić information content (AvgIpc) is 2.91. The van der Waals surface area contributed by atoms with E-state index >= 15 is 0 Å². The van der Waals surface area contributed by atoms with Crippen LogP contribution >= 0.6 is 0 Å². The van der Waals surface area contributed by atoms with Gasteiger partial charge in [-0.3, -0.25) is 14.4 Å². The maximum atomic E-state index is 13.0. The Labute approximate surface area is 237 Å². The predicted octanol–water partition coefficient (Wildman–Crippen LogP) is 5.70. The summed E-state index contributed by atoms with van der Waals surface area (Å²) in [6.07, 6.45) is 1.00. The van der Waals surface area contributed by atoms with Gasteiger partial charge in [0.1, 0.15) is 6.04 Å². The molecule has 1 rings (SSSR count). The van der Waals surface area contributed by atoms with E-state index < -0.39 is 52.8 Å². The molecule has 0 radical (unpaired) electrons. The Bertz CT molecular complexity index is 1030. The Kier molecular flexibility index (Phi) is 13.1. The van der Waals surface area contributed by atoms with Crippen LogP contribution in [0, 0.1) is 22.7 Å². The third kappa shape index (κ3) is 9.80. The van der Waals surface area contributed by atoms with Crippen molar-refractivity contribution in [3.63, 3.8) is 0 Å². The molecule has 0 saturated carbocycles. The zero-order valence-corrected chi connectivity index (χ0v) is 25.4. The van der Waals surface area contributed by atoms with Gasteiger partial charge in [-0.2, -0.15) is 0 Å². The lowest BCUT2D eigenvalue weighted by Gasteiger charge is -2.28. The molecule has 226 valence electrons. The number of esters is 2. The van der Waals surface area contributed by atoms with E-state index in [9.17, 15) is 24.3 Å². The van der Waals surface area contributed by atoms with Gasteiger partial charge in [0, 0.05) is 5.92 Å². The smallest absolute Gasteiger partial charge is 0.480 e. The third-order valence-corrected chi connectivity index (χ3v) is 7.56. The van der Waals surface area contributed by atoms with Gasteiger partial charge >= 0.3 is 24.1 Å². The summed E-state index contributed by atoms with van der Waals surface area (Å²) >= 11 is 0. The SMILES string of the molecule is CCC(C)COC(=O)OCC(C)C(c1ccc(OC(=O)C(C)(C)CC)c(OC(=O)C(C)(C)CC)c1)[C@H](N)C(=O)O. The number of carbonyl (C=O) groups excluding carboxylic acids is 3. The monoisotopic (exact) mass is 565 g/mol. The van der Waals surface area contributed by atoms with Crippen molar-refractivity contribution in [3.05, 3.63) is 23.8 Å². The predicted molar refractivity (Wildman–Crippen MR) is 150 cm³/mol. The van der Waals surface area contributed by atoms with Crippen LogP contribution in [0.4, 0.5) is 4.79 Å². The molecule has 1 aromatic carbocycles. The second-order valence-electron chi connectivity index (χ2n) is 11.7. The molecular weight excluding hydrogens is 518 g/mol. The molecule has 0 fully saturated rings. The quantitative estimate of drug-likeness (QED) is 0.200. The number of ether oxygens (including phenoxy) is 4. The van der Waals surface area contributed by atoms with Crippen LogP contribution in [0.25, 0.3) is 0 Å². The number of carbonyl (C=O) groups is 4. The van der Waals surface area contributed by atoms with Crippen LogP contribution in [0.5, 0.6) is 11.5 Å². The van der Waals surface area contributed by atoms with E-state index in [-0.39, 0.29) is 30.6 Å². The molecule has 0 spiro atoms. The van der Waals surface area contributed by atoms with E-state index in [2.05, 4.69) is 0 Å². The van der Waals surface area contributed by atoms with Gasteiger partial charge in [-0.25, -0.2) is 4.79 Å². The van der Waals surface area contributed by atoms with Gasteiger partial charge in [0.05, 0.1) is 24.0 Å². The number of nitrogens with two attached hydrogens (primary N) is 1. The first-order chi connectivity index (χ1) is 18.5. The topological polar surface area (TPSA) is 151 Å². The summed E-state index contributed by atoms with van der Waals surface area (Å²) in [4.78, 5) is 49.8. The Morgan fingerprint density at radius 2 is 1.35 bits per heavy atom. The fraction of sp³-hybridized carbons (Fsp3) is 0.667. The maximum absolute atomic E-state index is 13.0. The molecule has 1 aromatic rings. The van der Waals surface area contributed by atoms with E-state index in [1.807, 2.05) is 27.7 Å². The van der Waals surface area contributed by atoms with Crippen LogP contribution in [-0.4, -0.2) is 48.4 Å². The molecule has 0 aliphatic carbocycles. The molecule has 0 aromatic heterocycles. The standard InChI is InChI=1S/C30H47NO9/c1-10-18(4)16-37-28(36)38-17-19(5)23(24(31)25(32)33)20-13-14-21(39-26(34)29(6,7)11-2)22(15-20)40-27(35)30(8,9)12-3/h13-15,18-19,23-24H,10-12,16-17,31H2,1-9H3,(H,32,33)/t18?,19?,23?,24-/m0/s1. The minimum absolute atomic E-state index is 0.0238. The highest BCUT2D eigenvalue weighted by Gasteiger charge is 2.35. The largest absolute Gasteiger partial charge is 0.508 e. The first-order valence-electron chi connectivity index (χ1n) is 13.9. The molecule has 10 nitrogen and oxygen atoms in total. The van der Waals surface area contributed by atoms with E-state index in [1.165, 1.54) is 12.1 Å². The van der Waals surface area contributed by atoms with E-state index in [0.717, 1.165) is 6.42 Å². The zero-order valence-electron chi connectivity index (χ0n) is 25.4. The van der Waals surface area contributed by atoms with E-state index in [0.29, 0.717) is 18.4 Å². The van der Waals surface area contributed by atoms with Crippen molar-refractivity contribution in [1.29, 1.82) is 0 Å². The first-order valence-corrected chi connectivity index (χ1v) is 13.9. The van der Waals surface area contributed by atoms with Crippen molar-refractivity contribution in [1.82, 2.24) is 0 Å². The number of aliphatic carboxylic acids is 1. The molecule has 40 heavy (non-hydrogen) atoms. The number of carboxylic acid groups (broad SMARTS) is 1. The summed E-state index contributed by atoms with van der Waals surface area (Å²) in [7, 11) is 0. The van der Waals surface area contributed by atoms with E-state index in [1.54, 1.807) is 40.7 Å². The number of benzene rings is 1. The first kappa shape index (κ1) is 34.9. The van der Waals surface area contributed by atoms with Crippen molar-refractivity contribution in [2.75, 3.05) is 13.2 Å². The van der Waals surface area contributed by atoms with Crippen LogP contribution < -0.4 is 15.2 Å². The van der Waals surface area contributed by atoms with Gasteiger partial charge in [-0.1, -0.05) is 47.1 Å². The molecule has 4 atom stereocenters. The minimum atomic E-state index is -1.38. The number of hydrogen-bond acceptors (Lipinski definition) is 9. The average molecular weight is 566 g/mol. The van der Waals surface area contributed by atoms with Gasteiger partial charge in [-0.05, 0) is 70.1 Å². The number of rotatable bonds is 15. The van der Waals surface area contributed by atoms with Crippen LogP contribution in [0.2, 0.25) is 0 Å². The Morgan fingerprint density at radius 1 is 0.850 bits per heavy atom. The normalized spacial score (nSPS) is 14.8. The molecular formula is C30H47NO9. The minimum Gasteiger partial charge on any atom is -0.480 e. The lowest BCUT2D eigenvalue weighted by atomic mass is 9.82. The van der Waals surface area contributed by atoms with Crippen molar-refractivity contribution in [2.24, 2.45) is 28.4 Å². The molecule has 3 N–H and O–H groups in total. The van der Waals surface area contributed by atoms with Crippen LogP contribution in [0.1, 0.15) is 93.1 Å². The lowest BCUT2D eigenvalue weighted by molar-refractivity contribution is -0.147. The van der Waals surface area contributed by atoms with Crippen LogP contribution in [0.3, 0.4) is 0 Å². The highest BCUT2D eigenvalue weighted by molar-refractivity contribution is 5.81. The van der Waals surface area contributed by atoms with Gasteiger partial charge in [0.15, 0.2) is 11.5 Å². The summed E-state index contributed by atoms with van der Waals surface area (Å²) in [5, 5.41) is 9.74. The van der Waals surface area contributed by atoms with Crippen molar-refractivity contribution < 1.29 is 43.2 Å². The van der Waals surface area contributed by atoms with Gasteiger partial charge in [-0.15, -0.1) is 0 Å². The highest BCUT2D eigenvalue weighted by atomic mass is 16.7. The fourth-order valence-corrected chi connectivity index (χ4v) is 3.38. The summed E-state index contributed by atoms with van der Waals surface area (Å²) in [6, 6.07) is 3.10. The van der Waals surface area contributed by atoms with E-state index in [4.69, 9.17) is 24.7 Å². The number of carboxylic acids is 1. The Morgan fingerprint density at radius 3 is 1.82 bits per heavy atom. The Hall–Kier alpha value is -3.14. The van der Waals surface area contributed by atoms with Crippen molar-refractivity contribution >= 4 is 24.1 Å². The molecule has 0 aliphatic rings. The van der Waals surface area contributed by atoms with Gasteiger partial charge < -0.3 is 29.8 Å². The highest BCUT2D eigenvalue weighted by Crippen LogP contribution is 2.38. The second-order valence-corrected chi connectivity index (χ2v) is 11.7. The van der Waals surface area contributed by atoms with Crippen LogP contribution in [-0.2, 0) is 23.9 Å². The number of hydrogen-bond donors (Lipinski definition) is 2. The molecule has 10 heteroatoms. The lowest BCUT2D eigenvalue weighted by Crippen LogP contribution is -2.40. The molecule has 0 bridgehead atoms. The summed E-state index contributed by atoms with van der Waals surface area (Å²) in [5.41, 5.74) is 4.88. The molecule has 0 aliphatic heterocycles. The second kappa shape index (κ2) is 15.0. The van der Waals surface area contributed by atoms with Crippen LogP contribution in [0.15, 0.2) is 18.2 Å². The van der Waals surface area contributed by atoms with Gasteiger partial charge in [0.2, 0.25) is 0 Å². The summed E-state index contributed by atoms with van der Waals surface area (Å²) in [6.45, 7) is 16.3. The van der Waals surface area contributed by atoms with Crippen molar-refractivity contribution in [2.45, 2.75) is 93.5 Å². The van der Waals surface area contributed by atoms with Gasteiger partial charge in [0.25, 0.3) is 0 Å². The molecule has 0 heterocycles. The maximum Gasteiger partial charge on any atom is 0.508 e. The summed E-state index contributed by atoms with van der Waals surface area (Å²) < 4.78 is 21.7. The fourth-order valence-electron chi connectivity index (χ4n) is 3.38. The zero-order chi connectivity index (χ0) is 30.8. The molecule has 0 saturated heterocycles. The molecule has 0 amide bonds. The Balaban J connectivity index is 3.42. The summed E-state index contributed by atoms with van der Waals surface area (Å²) in [5.74, 6) is -3.57.